The van der Waals surface area contributed by atoms with E-state index in [1.807, 2.05) is 0 Å². The number of rotatable bonds is 1. The molecule has 70 valence electrons. The zero-order chi connectivity index (χ0) is 9.35. The predicted octanol–water partition coefficient (Wildman–Crippen LogP) is 1.42. The number of hydrogen-bond acceptors (Lipinski definition) is 1. The van der Waals surface area contributed by atoms with Crippen LogP contribution in [-0.2, 0) is 4.79 Å². The zero-order valence-electron chi connectivity index (χ0n) is 6.69. The molecule has 1 rings (SSSR count). The molecular weight excluding hydrogens is 171 g/mol. The van der Waals surface area contributed by atoms with Crippen LogP contribution in [0.15, 0.2) is 0 Å². The number of nitrogens with zero attached hydrogens (tertiary/aromatic N) is 1. The molecule has 0 N–H and O–H groups in total. The fraction of sp³-hybridized carbons (Fsp3) is 0.857. The quantitative estimate of drug-likeness (QED) is 0.599. The summed E-state index contributed by atoms with van der Waals surface area (Å²) in [5.41, 5.74) is 0. The van der Waals surface area contributed by atoms with Crippen LogP contribution in [-0.4, -0.2) is 30.1 Å². The molecule has 5 heteroatoms. The standard InChI is InChI=1S/C7H10F3NO/c1-5-2-3-11(6(5)12)4-7(8,9)10/h5H,2-4H2,1H3/t5-/m0/s1. The number of alkyl halides is 3. The topological polar surface area (TPSA) is 20.3 Å². The van der Waals surface area contributed by atoms with Crippen LogP contribution >= 0.6 is 0 Å². The van der Waals surface area contributed by atoms with Gasteiger partial charge in [-0.1, -0.05) is 6.92 Å². The molecule has 0 spiro atoms. The Kier molecular flexibility index (Phi) is 2.30. The van der Waals surface area contributed by atoms with Crippen molar-refractivity contribution >= 4 is 5.91 Å². The fourth-order valence-corrected chi connectivity index (χ4v) is 1.27. The van der Waals surface area contributed by atoms with E-state index >= 15 is 0 Å². The molecule has 0 radical (unpaired) electrons. The van der Waals surface area contributed by atoms with E-state index in [0.717, 1.165) is 4.90 Å². The van der Waals surface area contributed by atoms with E-state index in [9.17, 15) is 18.0 Å². The van der Waals surface area contributed by atoms with Crippen molar-refractivity contribution < 1.29 is 18.0 Å². The van der Waals surface area contributed by atoms with Crippen LogP contribution in [0.5, 0.6) is 0 Å². The fourth-order valence-electron chi connectivity index (χ4n) is 1.27. The number of carbonyl (C=O) groups is 1. The third-order valence-electron chi connectivity index (χ3n) is 1.94. The Labute approximate surface area is 68.3 Å². The molecule has 0 unspecified atom stereocenters. The molecule has 1 saturated heterocycles. The Morgan fingerprint density at radius 2 is 2.17 bits per heavy atom. The lowest BCUT2D eigenvalue weighted by molar-refractivity contribution is -0.158. The third kappa shape index (κ3) is 2.12. The molecule has 0 saturated carbocycles. The van der Waals surface area contributed by atoms with Gasteiger partial charge in [0.15, 0.2) is 0 Å². The second kappa shape index (κ2) is 2.95. The van der Waals surface area contributed by atoms with Gasteiger partial charge in [0.1, 0.15) is 6.54 Å². The SMILES string of the molecule is C[C@H]1CCN(CC(F)(F)F)C1=O. The summed E-state index contributed by atoms with van der Waals surface area (Å²) in [4.78, 5) is 11.9. The second-order valence-electron chi connectivity index (χ2n) is 3.06. The molecule has 0 aliphatic carbocycles. The highest BCUT2D eigenvalue weighted by Gasteiger charge is 2.37. The summed E-state index contributed by atoms with van der Waals surface area (Å²) in [6, 6.07) is 0. The molecule has 0 aromatic carbocycles. The summed E-state index contributed by atoms with van der Waals surface area (Å²) in [5.74, 6) is -0.625. The lowest BCUT2D eigenvalue weighted by atomic mass is 10.1. The molecule has 0 bridgehead atoms. The lowest BCUT2D eigenvalue weighted by Crippen LogP contribution is -2.35. The van der Waals surface area contributed by atoms with Crippen LogP contribution in [0.2, 0.25) is 0 Å². The second-order valence-corrected chi connectivity index (χ2v) is 3.06. The highest BCUT2D eigenvalue weighted by Crippen LogP contribution is 2.23. The monoisotopic (exact) mass is 181 g/mol. The van der Waals surface area contributed by atoms with Crippen LogP contribution in [0, 0.1) is 5.92 Å². The van der Waals surface area contributed by atoms with Gasteiger partial charge in [-0.3, -0.25) is 4.79 Å². The molecule has 1 atom stereocenters. The third-order valence-corrected chi connectivity index (χ3v) is 1.94. The Hall–Kier alpha value is -0.740. The van der Waals surface area contributed by atoms with Gasteiger partial charge < -0.3 is 4.90 Å². The Balaban J connectivity index is 2.50. The Morgan fingerprint density at radius 3 is 2.50 bits per heavy atom. The normalized spacial score (nSPS) is 25.2. The minimum atomic E-state index is -4.26. The number of likely N-dealkylation sites (tertiary alicyclic amines) is 1. The van der Waals surface area contributed by atoms with E-state index in [2.05, 4.69) is 0 Å². The van der Waals surface area contributed by atoms with Crippen molar-refractivity contribution in [2.24, 2.45) is 5.92 Å². The molecule has 1 aliphatic rings. The van der Waals surface area contributed by atoms with Crippen LogP contribution in [0.25, 0.3) is 0 Å². The van der Waals surface area contributed by atoms with Crippen molar-refractivity contribution in [3.05, 3.63) is 0 Å². The molecule has 12 heavy (non-hydrogen) atoms. The Bertz CT molecular complexity index is 190. The summed E-state index contributed by atoms with van der Waals surface area (Å²) < 4.78 is 35.4. The summed E-state index contributed by atoms with van der Waals surface area (Å²) in [6.45, 7) is 0.786. The van der Waals surface area contributed by atoms with Gasteiger partial charge in [0.25, 0.3) is 0 Å². The number of hydrogen-bond donors (Lipinski definition) is 0. The smallest absolute Gasteiger partial charge is 0.333 e. The van der Waals surface area contributed by atoms with Crippen LogP contribution in [0.4, 0.5) is 13.2 Å². The summed E-state index contributed by atoms with van der Waals surface area (Å²) in [7, 11) is 0. The van der Waals surface area contributed by atoms with E-state index in [1.165, 1.54) is 0 Å². The number of halogens is 3. The van der Waals surface area contributed by atoms with Crippen molar-refractivity contribution in [1.29, 1.82) is 0 Å². The average molecular weight is 181 g/mol. The van der Waals surface area contributed by atoms with Gasteiger partial charge >= 0.3 is 6.18 Å². The largest absolute Gasteiger partial charge is 0.406 e. The maximum absolute atomic E-state index is 11.8. The van der Waals surface area contributed by atoms with Crippen molar-refractivity contribution in [2.75, 3.05) is 13.1 Å². The highest BCUT2D eigenvalue weighted by molar-refractivity contribution is 5.80. The average Bonchev–Trinajstić information content (AvgIpc) is 2.16. The van der Waals surface area contributed by atoms with E-state index in [0.29, 0.717) is 6.42 Å². The molecular formula is C7H10F3NO. The first-order chi connectivity index (χ1) is 5.40. The van der Waals surface area contributed by atoms with Crippen molar-refractivity contribution in [2.45, 2.75) is 19.5 Å². The van der Waals surface area contributed by atoms with Gasteiger partial charge in [0.05, 0.1) is 0 Å². The summed E-state index contributed by atoms with van der Waals surface area (Å²) in [6.07, 6.45) is -3.73. The molecule has 1 heterocycles. The maximum atomic E-state index is 11.8. The van der Waals surface area contributed by atoms with E-state index in [-0.39, 0.29) is 18.4 Å². The van der Waals surface area contributed by atoms with E-state index in [4.69, 9.17) is 0 Å². The molecule has 0 aromatic rings. The van der Waals surface area contributed by atoms with Gasteiger partial charge in [-0.15, -0.1) is 0 Å². The van der Waals surface area contributed by atoms with Crippen molar-refractivity contribution in [1.82, 2.24) is 4.90 Å². The lowest BCUT2D eigenvalue weighted by Gasteiger charge is -2.17. The van der Waals surface area contributed by atoms with Gasteiger partial charge in [0, 0.05) is 12.5 Å². The first-order valence-electron chi connectivity index (χ1n) is 3.75. The minimum Gasteiger partial charge on any atom is -0.333 e. The Morgan fingerprint density at radius 1 is 1.58 bits per heavy atom. The van der Waals surface area contributed by atoms with Gasteiger partial charge in [0.2, 0.25) is 5.91 Å². The number of carbonyl (C=O) groups excluding carboxylic acids is 1. The summed E-state index contributed by atoms with van der Waals surface area (Å²) >= 11 is 0. The van der Waals surface area contributed by atoms with Crippen LogP contribution in [0.1, 0.15) is 13.3 Å². The van der Waals surface area contributed by atoms with E-state index in [1.54, 1.807) is 6.92 Å². The van der Waals surface area contributed by atoms with Crippen LogP contribution < -0.4 is 0 Å². The van der Waals surface area contributed by atoms with Crippen LogP contribution in [0.3, 0.4) is 0 Å². The van der Waals surface area contributed by atoms with Gasteiger partial charge in [-0.05, 0) is 6.42 Å². The predicted molar refractivity (Wildman–Crippen MR) is 36.4 cm³/mol. The number of amides is 1. The maximum Gasteiger partial charge on any atom is 0.406 e. The van der Waals surface area contributed by atoms with E-state index < -0.39 is 12.7 Å². The molecule has 1 amide bonds. The molecule has 1 aliphatic heterocycles. The minimum absolute atomic E-state index is 0.236. The summed E-state index contributed by atoms with van der Waals surface area (Å²) in [5, 5.41) is 0. The highest BCUT2D eigenvalue weighted by atomic mass is 19.4. The molecule has 0 aromatic heterocycles. The molecule has 1 fully saturated rings. The first-order valence-corrected chi connectivity index (χ1v) is 3.75. The van der Waals surface area contributed by atoms with Crippen molar-refractivity contribution in [3.63, 3.8) is 0 Å². The molecule has 2 nitrogen and oxygen atoms in total. The first kappa shape index (κ1) is 9.35. The van der Waals surface area contributed by atoms with Crippen molar-refractivity contribution in [3.8, 4) is 0 Å². The van der Waals surface area contributed by atoms with Gasteiger partial charge in [-0.2, -0.15) is 13.2 Å². The van der Waals surface area contributed by atoms with Gasteiger partial charge in [-0.25, -0.2) is 0 Å². The zero-order valence-corrected chi connectivity index (χ0v) is 6.69.